The van der Waals surface area contributed by atoms with E-state index in [0.717, 1.165) is 55.1 Å². The quantitative estimate of drug-likeness (QED) is 0.911. The summed E-state index contributed by atoms with van der Waals surface area (Å²) < 4.78 is 5.43. The van der Waals surface area contributed by atoms with Gasteiger partial charge in [0.1, 0.15) is 0 Å². The predicted molar refractivity (Wildman–Crippen MR) is 99.8 cm³/mol. The van der Waals surface area contributed by atoms with E-state index in [1.165, 1.54) is 0 Å². The van der Waals surface area contributed by atoms with Crippen LogP contribution in [0.25, 0.3) is 0 Å². The summed E-state index contributed by atoms with van der Waals surface area (Å²) in [5.41, 5.74) is 4.07. The van der Waals surface area contributed by atoms with Crippen molar-refractivity contribution in [1.82, 2.24) is 10.2 Å². The van der Waals surface area contributed by atoms with E-state index in [0.29, 0.717) is 0 Å². The van der Waals surface area contributed by atoms with Crippen molar-refractivity contribution in [3.05, 3.63) is 70.8 Å². The second-order valence-corrected chi connectivity index (χ2v) is 6.73. The second kappa shape index (κ2) is 8.28. The van der Waals surface area contributed by atoms with E-state index in [4.69, 9.17) is 4.74 Å². The molecule has 4 nitrogen and oxygen atoms in total. The standard InChI is InChI=1S/C21H26N2O2/c1-16-12-17(2)14-19(13-16)21(24)22-20(18-6-4-3-5-7-18)15-23-8-10-25-11-9-23/h3-7,12-14,20H,8-11,15H2,1-2H3,(H,22,24). The average Bonchev–Trinajstić information content (AvgIpc) is 2.62. The molecule has 2 aromatic rings. The Balaban J connectivity index is 1.77. The molecule has 0 radical (unpaired) electrons. The van der Waals surface area contributed by atoms with E-state index < -0.39 is 0 Å². The smallest absolute Gasteiger partial charge is 0.251 e. The van der Waals surface area contributed by atoms with E-state index >= 15 is 0 Å². The highest BCUT2D eigenvalue weighted by Gasteiger charge is 2.20. The van der Waals surface area contributed by atoms with Crippen molar-refractivity contribution in [2.75, 3.05) is 32.8 Å². The van der Waals surface area contributed by atoms with Crippen LogP contribution < -0.4 is 5.32 Å². The topological polar surface area (TPSA) is 41.6 Å². The number of carbonyl (C=O) groups excluding carboxylic acids is 1. The third kappa shape index (κ3) is 4.91. The fraction of sp³-hybridized carbons (Fsp3) is 0.381. The lowest BCUT2D eigenvalue weighted by Crippen LogP contribution is -2.43. The van der Waals surface area contributed by atoms with Gasteiger partial charge in [0.15, 0.2) is 0 Å². The van der Waals surface area contributed by atoms with Crippen LogP contribution in [0, 0.1) is 13.8 Å². The number of hydrogen-bond acceptors (Lipinski definition) is 3. The number of nitrogens with zero attached hydrogens (tertiary/aromatic N) is 1. The fourth-order valence-corrected chi connectivity index (χ4v) is 3.31. The van der Waals surface area contributed by atoms with Crippen LogP contribution in [0.4, 0.5) is 0 Å². The molecule has 0 aromatic heterocycles. The molecule has 1 amide bonds. The third-order valence-corrected chi connectivity index (χ3v) is 4.54. The maximum Gasteiger partial charge on any atom is 0.251 e. The summed E-state index contributed by atoms with van der Waals surface area (Å²) >= 11 is 0. The molecule has 3 rings (SSSR count). The molecule has 1 aliphatic rings. The zero-order valence-corrected chi connectivity index (χ0v) is 15.0. The van der Waals surface area contributed by atoms with Crippen LogP contribution in [-0.4, -0.2) is 43.7 Å². The Morgan fingerprint density at radius 1 is 1.08 bits per heavy atom. The van der Waals surface area contributed by atoms with Crippen LogP contribution in [-0.2, 0) is 4.74 Å². The summed E-state index contributed by atoms with van der Waals surface area (Å²) in [6.45, 7) is 8.16. The number of hydrogen-bond donors (Lipinski definition) is 1. The van der Waals surface area contributed by atoms with Gasteiger partial charge in [-0.2, -0.15) is 0 Å². The number of benzene rings is 2. The molecule has 4 heteroatoms. The SMILES string of the molecule is Cc1cc(C)cc(C(=O)NC(CN2CCOCC2)c2ccccc2)c1. The highest BCUT2D eigenvalue weighted by molar-refractivity contribution is 5.94. The van der Waals surface area contributed by atoms with Gasteiger partial charge in [-0.05, 0) is 31.5 Å². The van der Waals surface area contributed by atoms with Gasteiger partial charge in [-0.1, -0.05) is 47.5 Å². The van der Waals surface area contributed by atoms with Gasteiger partial charge in [-0.15, -0.1) is 0 Å². The van der Waals surface area contributed by atoms with Crippen molar-refractivity contribution >= 4 is 5.91 Å². The predicted octanol–water partition coefficient (Wildman–Crippen LogP) is 3.11. The van der Waals surface area contributed by atoms with Crippen molar-refractivity contribution in [2.24, 2.45) is 0 Å². The molecule has 1 fully saturated rings. The van der Waals surface area contributed by atoms with Crippen molar-refractivity contribution in [1.29, 1.82) is 0 Å². The van der Waals surface area contributed by atoms with Gasteiger partial charge < -0.3 is 10.1 Å². The van der Waals surface area contributed by atoms with Gasteiger partial charge in [0.2, 0.25) is 0 Å². The highest BCUT2D eigenvalue weighted by atomic mass is 16.5. The molecule has 0 saturated carbocycles. The Kier molecular flexibility index (Phi) is 5.84. The number of ether oxygens (including phenoxy) is 1. The van der Waals surface area contributed by atoms with E-state index in [1.54, 1.807) is 0 Å². The minimum atomic E-state index is -0.0346. The first-order chi connectivity index (χ1) is 12.1. The Hall–Kier alpha value is -2.17. The number of morpholine rings is 1. The molecule has 1 unspecified atom stereocenters. The highest BCUT2D eigenvalue weighted by Crippen LogP contribution is 2.17. The monoisotopic (exact) mass is 338 g/mol. The number of carbonyl (C=O) groups is 1. The molecule has 25 heavy (non-hydrogen) atoms. The van der Waals surface area contributed by atoms with Gasteiger partial charge in [-0.3, -0.25) is 9.69 Å². The van der Waals surface area contributed by atoms with E-state index in [-0.39, 0.29) is 11.9 Å². The molecule has 1 heterocycles. The van der Waals surface area contributed by atoms with Crippen molar-refractivity contribution in [2.45, 2.75) is 19.9 Å². The first-order valence-corrected chi connectivity index (χ1v) is 8.86. The fourth-order valence-electron chi connectivity index (χ4n) is 3.31. The molecule has 1 saturated heterocycles. The largest absolute Gasteiger partial charge is 0.379 e. The molecular formula is C21H26N2O2. The van der Waals surface area contributed by atoms with Crippen LogP contribution in [0.1, 0.15) is 33.1 Å². The Morgan fingerprint density at radius 2 is 1.72 bits per heavy atom. The molecule has 0 bridgehead atoms. The first kappa shape index (κ1) is 17.6. The summed E-state index contributed by atoms with van der Waals surface area (Å²) in [5.74, 6) is -0.0195. The van der Waals surface area contributed by atoms with E-state index in [9.17, 15) is 4.79 Å². The Bertz CT molecular complexity index is 689. The van der Waals surface area contributed by atoms with Crippen LogP contribution in [0.3, 0.4) is 0 Å². The minimum absolute atomic E-state index is 0.0195. The first-order valence-electron chi connectivity index (χ1n) is 8.86. The van der Waals surface area contributed by atoms with Gasteiger partial charge in [0.25, 0.3) is 5.91 Å². The Labute approximate surface area is 149 Å². The van der Waals surface area contributed by atoms with Crippen molar-refractivity contribution in [3.63, 3.8) is 0 Å². The molecule has 132 valence electrons. The van der Waals surface area contributed by atoms with Gasteiger partial charge >= 0.3 is 0 Å². The molecule has 1 N–H and O–H groups in total. The van der Waals surface area contributed by atoms with Crippen molar-refractivity contribution in [3.8, 4) is 0 Å². The van der Waals surface area contributed by atoms with Crippen LogP contribution >= 0.6 is 0 Å². The van der Waals surface area contributed by atoms with Crippen LogP contribution in [0.2, 0.25) is 0 Å². The number of amides is 1. The molecular weight excluding hydrogens is 312 g/mol. The average molecular weight is 338 g/mol. The molecule has 0 spiro atoms. The van der Waals surface area contributed by atoms with Crippen molar-refractivity contribution < 1.29 is 9.53 Å². The summed E-state index contributed by atoms with van der Waals surface area (Å²) in [4.78, 5) is 15.2. The zero-order valence-electron chi connectivity index (χ0n) is 15.0. The summed E-state index contributed by atoms with van der Waals surface area (Å²) in [6.07, 6.45) is 0. The van der Waals surface area contributed by atoms with Gasteiger partial charge in [0, 0.05) is 25.2 Å². The zero-order chi connectivity index (χ0) is 17.6. The third-order valence-electron chi connectivity index (χ3n) is 4.54. The maximum absolute atomic E-state index is 12.8. The van der Waals surface area contributed by atoms with Crippen LogP contribution in [0.15, 0.2) is 48.5 Å². The summed E-state index contributed by atoms with van der Waals surface area (Å²) in [5, 5.41) is 3.23. The lowest BCUT2D eigenvalue weighted by molar-refractivity contribution is 0.0332. The number of nitrogens with one attached hydrogen (secondary N) is 1. The molecule has 0 aliphatic carbocycles. The lowest BCUT2D eigenvalue weighted by atomic mass is 10.0. The molecule has 1 aliphatic heterocycles. The van der Waals surface area contributed by atoms with Crippen LogP contribution in [0.5, 0.6) is 0 Å². The number of rotatable bonds is 5. The van der Waals surface area contributed by atoms with E-state index in [1.807, 2.05) is 44.2 Å². The Morgan fingerprint density at radius 3 is 2.36 bits per heavy atom. The number of aryl methyl sites for hydroxylation is 2. The maximum atomic E-state index is 12.8. The van der Waals surface area contributed by atoms with Gasteiger partial charge in [0.05, 0.1) is 19.3 Å². The normalized spacial score (nSPS) is 16.4. The molecule has 1 atom stereocenters. The molecule has 2 aromatic carbocycles. The van der Waals surface area contributed by atoms with E-state index in [2.05, 4.69) is 28.4 Å². The lowest BCUT2D eigenvalue weighted by Gasteiger charge is -2.31. The second-order valence-electron chi connectivity index (χ2n) is 6.73. The summed E-state index contributed by atoms with van der Waals surface area (Å²) in [7, 11) is 0. The summed E-state index contributed by atoms with van der Waals surface area (Å²) in [6, 6.07) is 16.1. The minimum Gasteiger partial charge on any atom is -0.379 e. The van der Waals surface area contributed by atoms with Gasteiger partial charge in [-0.25, -0.2) is 0 Å².